The highest BCUT2D eigenvalue weighted by atomic mass is 16.5. The summed E-state index contributed by atoms with van der Waals surface area (Å²) in [5.41, 5.74) is 0.306. The second-order valence-electron chi connectivity index (χ2n) is 7.05. The molecular formula is C20H27N3O4. The lowest BCUT2D eigenvalue weighted by molar-refractivity contribution is -0.122. The monoisotopic (exact) mass is 373 g/mol. The number of hydrogen-bond donors (Lipinski definition) is 1. The van der Waals surface area contributed by atoms with E-state index < -0.39 is 5.54 Å². The fourth-order valence-electron chi connectivity index (χ4n) is 3.72. The van der Waals surface area contributed by atoms with E-state index in [1.807, 2.05) is 18.2 Å². The largest absolute Gasteiger partial charge is 0.493 e. The highest BCUT2D eigenvalue weighted by molar-refractivity contribution is 5.79. The van der Waals surface area contributed by atoms with E-state index in [9.17, 15) is 4.79 Å². The Hall–Kier alpha value is -2.57. The molecule has 27 heavy (non-hydrogen) atoms. The van der Waals surface area contributed by atoms with E-state index in [-0.39, 0.29) is 12.3 Å². The molecule has 1 heterocycles. The van der Waals surface area contributed by atoms with Crippen LogP contribution >= 0.6 is 0 Å². The van der Waals surface area contributed by atoms with Crippen LogP contribution in [0, 0.1) is 6.92 Å². The van der Waals surface area contributed by atoms with E-state index in [0.29, 0.717) is 23.2 Å². The van der Waals surface area contributed by atoms with Crippen molar-refractivity contribution in [1.82, 2.24) is 15.5 Å². The van der Waals surface area contributed by atoms with Crippen LogP contribution in [0.4, 0.5) is 0 Å². The summed E-state index contributed by atoms with van der Waals surface area (Å²) in [6, 6.07) is 5.52. The van der Waals surface area contributed by atoms with Crippen molar-refractivity contribution < 1.29 is 18.8 Å². The number of amides is 1. The van der Waals surface area contributed by atoms with E-state index in [0.717, 1.165) is 44.1 Å². The van der Waals surface area contributed by atoms with Crippen LogP contribution in [-0.4, -0.2) is 30.3 Å². The number of carbonyl (C=O) groups is 1. The molecule has 0 radical (unpaired) electrons. The van der Waals surface area contributed by atoms with Crippen molar-refractivity contribution in [3.8, 4) is 11.5 Å². The van der Waals surface area contributed by atoms with Crippen molar-refractivity contribution in [2.24, 2.45) is 0 Å². The normalized spacial score (nSPS) is 16.4. The van der Waals surface area contributed by atoms with Gasteiger partial charge in [-0.1, -0.05) is 36.9 Å². The molecule has 7 nitrogen and oxygen atoms in total. The molecule has 0 saturated heterocycles. The summed E-state index contributed by atoms with van der Waals surface area (Å²) in [4.78, 5) is 17.3. The number of hydrogen-bond acceptors (Lipinski definition) is 6. The average molecular weight is 373 g/mol. The Morgan fingerprint density at radius 3 is 2.44 bits per heavy atom. The van der Waals surface area contributed by atoms with E-state index in [2.05, 4.69) is 15.5 Å². The minimum Gasteiger partial charge on any atom is -0.493 e. The van der Waals surface area contributed by atoms with Gasteiger partial charge in [0.15, 0.2) is 17.3 Å². The second-order valence-corrected chi connectivity index (χ2v) is 7.05. The van der Waals surface area contributed by atoms with Crippen molar-refractivity contribution >= 4 is 5.91 Å². The number of benzene rings is 1. The minimum absolute atomic E-state index is 0.0634. The molecule has 1 amide bonds. The molecule has 1 aliphatic carbocycles. The van der Waals surface area contributed by atoms with E-state index in [4.69, 9.17) is 14.0 Å². The van der Waals surface area contributed by atoms with Crippen LogP contribution in [0.1, 0.15) is 55.8 Å². The first-order valence-corrected chi connectivity index (χ1v) is 9.39. The van der Waals surface area contributed by atoms with E-state index >= 15 is 0 Å². The number of rotatable bonds is 6. The van der Waals surface area contributed by atoms with Gasteiger partial charge < -0.3 is 19.3 Å². The predicted molar refractivity (Wildman–Crippen MR) is 99.8 cm³/mol. The molecule has 3 rings (SSSR count). The fraction of sp³-hybridized carbons (Fsp3) is 0.550. The number of methoxy groups -OCH3 is 2. The van der Waals surface area contributed by atoms with Crippen molar-refractivity contribution in [2.45, 2.75) is 57.4 Å². The topological polar surface area (TPSA) is 86.5 Å². The summed E-state index contributed by atoms with van der Waals surface area (Å²) < 4.78 is 15.8. The molecule has 1 N–H and O–H groups in total. The quantitative estimate of drug-likeness (QED) is 0.782. The first-order valence-electron chi connectivity index (χ1n) is 9.39. The number of nitrogens with zero attached hydrogens (tertiary/aromatic N) is 2. The van der Waals surface area contributed by atoms with Gasteiger partial charge in [-0.25, -0.2) is 0 Å². The molecule has 1 saturated carbocycles. The lowest BCUT2D eigenvalue weighted by Gasteiger charge is -2.30. The fourth-order valence-corrected chi connectivity index (χ4v) is 3.72. The lowest BCUT2D eigenvalue weighted by Crippen LogP contribution is -2.47. The molecule has 1 aromatic heterocycles. The van der Waals surface area contributed by atoms with Crippen LogP contribution in [0.5, 0.6) is 11.5 Å². The Balaban J connectivity index is 1.78. The molecule has 0 unspecified atom stereocenters. The number of ether oxygens (including phenoxy) is 2. The molecule has 1 aromatic carbocycles. The van der Waals surface area contributed by atoms with Gasteiger partial charge in [0, 0.05) is 6.92 Å². The van der Waals surface area contributed by atoms with Crippen molar-refractivity contribution in [2.75, 3.05) is 14.2 Å². The Bertz CT molecular complexity index is 779. The summed E-state index contributed by atoms with van der Waals surface area (Å²) in [7, 11) is 3.17. The van der Waals surface area contributed by atoms with Crippen LogP contribution in [0.15, 0.2) is 22.7 Å². The van der Waals surface area contributed by atoms with Crippen molar-refractivity contribution in [3.05, 3.63) is 35.5 Å². The van der Waals surface area contributed by atoms with Crippen LogP contribution in [0.2, 0.25) is 0 Å². The first kappa shape index (κ1) is 19.2. The Morgan fingerprint density at radius 1 is 1.15 bits per heavy atom. The van der Waals surface area contributed by atoms with Gasteiger partial charge in [0.2, 0.25) is 11.8 Å². The molecule has 2 aromatic rings. The standard InChI is InChI=1S/C20H27N3O4/c1-14-21-19(23-27-14)20(10-6-4-5-7-11-20)22-18(24)13-15-8-9-16(25-2)17(12-15)26-3/h8-9,12H,4-7,10-11,13H2,1-3H3,(H,22,24). The van der Waals surface area contributed by atoms with Crippen LogP contribution in [0.3, 0.4) is 0 Å². The van der Waals surface area contributed by atoms with Gasteiger partial charge >= 0.3 is 0 Å². The third-order valence-corrected chi connectivity index (χ3v) is 5.10. The van der Waals surface area contributed by atoms with Crippen molar-refractivity contribution in [1.29, 1.82) is 0 Å². The zero-order valence-electron chi connectivity index (χ0n) is 16.2. The predicted octanol–water partition coefficient (Wildman–Crippen LogP) is 3.30. The smallest absolute Gasteiger partial charge is 0.225 e. The Labute approximate surface area is 159 Å². The van der Waals surface area contributed by atoms with Gasteiger partial charge in [-0.15, -0.1) is 0 Å². The summed E-state index contributed by atoms with van der Waals surface area (Å²) in [6.07, 6.45) is 6.27. The Kier molecular flexibility index (Phi) is 5.98. The van der Waals surface area contributed by atoms with Crippen LogP contribution in [-0.2, 0) is 16.8 Å². The average Bonchev–Trinajstić information content (AvgIpc) is 2.97. The summed E-state index contributed by atoms with van der Waals surface area (Å²) in [6.45, 7) is 1.77. The summed E-state index contributed by atoms with van der Waals surface area (Å²) in [5, 5.41) is 7.35. The summed E-state index contributed by atoms with van der Waals surface area (Å²) in [5.74, 6) is 2.29. The zero-order chi connectivity index (χ0) is 19.3. The zero-order valence-corrected chi connectivity index (χ0v) is 16.2. The molecule has 0 aliphatic heterocycles. The van der Waals surface area contributed by atoms with Crippen LogP contribution in [0.25, 0.3) is 0 Å². The molecule has 1 aliphatic rings. The van der Waals surface area contributed by atoms with Gasteiger partial charge in [-0.2, -0.15) is 4.98 Å². The van der Waals surface area contributed by atoms with Gasteiger partial charge in [0.05, 0.1) is 20.6 Å². The number of nitrogens with one attached hydrogen (secondary N) is 1. The molecule has 146 valence electrons. The molecule has 1 fully saturated rings. The summed E-state index contributed by atoms with van der Waals surface area (Å²) >= 11 is 0. The maximum absolute atomic E-state index is 12.9. The van der Waals surface area contributed by atoms with Crippen molar-refractivity contribution in [3.63, 3.8) is 0 Å². The van der Waals surface area contributed by atoms with E-state index in [1.165, 1.54) is 0 Å². The molecule has 0 spiro atoms. The molecular weight excluding hydrogens is 346 g/mol. The maximum Gasteiger partial charge on any atom is 0.225 e. The third-order valence-electron chi connectivity index (χ3n) is 5.10. The molecule has 0 atom stereocenters. The van der Waals surface area contributed by atoms with Gasteiger partial charge in [-0.3, -0.25) is 4.79 Å². The number of carbonyl (C=O) groups excluding carboxylic acids is 1. The van der Waals surface area contributed by atoms with Crippen LogP contribution < -0.4 is 14.8 Å². The third kappa shape index (κ3) is 4.40. The minimum atomic E-state index is -0.554. The molecule has 0 bridgehead atoms. The number of aryl methyl sites for hydroxylation is 1. The highest BCUT2D eigenvalue weighted by Gasteiger charge is 2.38. The van der Waals surface area contributed by atoms with Gasteiger partial charge in [0.1, 0.15) is 5.54 Å². The first-order chi connectivity index (χ1) is 13.1. The molecule has 7 heteroatoms. The lowest BCUT2D eigenvalue weighted by atomic mass is 9.88. The second kappa shape index (κ2) is 8.41. The SMILES string of the molecule is COc1ccc(CC(=O)NC2(c3noc(C)n3)CCCCCC2)cc1OC. The van der Waals surface area contributed by atoms with Gasteiger partial charge in [-0.05, 0) is 30.5 Å². The van der Waals surface area contributed by atoms with E-state index in [1.54, 1.807) is 21.1 Å². The number of aromatic nitrogens is 2. The highest BCUT2D eigenvalue weighted by Crippen LogP contribution is 2.35. The maximum atomic E-state index is 12.9. The Morgan fingerprint density at radius 2 is 1.85 bits per heavy atom. The van der Waals surface area contributed by atoms with Gasteiger partial charge in [0.25, 0.3) is 0 Å².